The summed E-state index contributed by atoms with van der Waals surface area (Å²) < 4.78 is 0. The van der Waals surface area contributed by atoms with Crippen molar-refractivity contribution in [2.45, 2.75) is 6.42 Å². The number of carbonyl (C=O) groups excluding carboxylic acids is 2. The standard InChI is InChI=1S/C19H19Cl2N3O2/c1-23(2)15-6-4-14(5-7-15)22-19(26)12-9-18(25)24(11-12)17-10-13(20)3-8-16(17)21/h3-8,10,12H,9,11H2,1-2H3,(H,22,26). The molecule has 1 heterocycles. The van der Waals surface area contributed by atoms with Gasteiger partial charge < -0.3 is 15.1 Å². The minimum Gasteiger partial charge on any atom is -0.378 e. The van der Waals surface area contributed by atoms with Crippen LogP contribution < -0.4 is 15.1 Å². The molecule has 2 aromatic carbocycles. The van der Waals surface area contributed by atoms with Crippen LogP contribution in [0.15, 0.2) is 42.5 Å². The number of halogens is 2. The van der Waals surface area contributed by atoms with E-state index in [9.17, 15) is 9.59 Å². The molecule has 26 heavy (non-hydrogen) atoms. The second-order valence-electron chi connectivity index (χ2n) is 6.43. The Morgan fingerprint density at radius 1 is 1.15 bits per heavy atom. The number of hydrogen-bond donors (Lipinski definition) is 1. The van der Waals surface area contributed by atoms with Gasteiger partial charge in [-0.15, -0.1) is 0 Å². The number of nitrogens with zero attached hydrogens (tertiary/aromatic N) is 2. The zero-order valence-electron chi connectivity index (χ0n) is 14.5. The molecule has 1 saturated heterocycles. The Balaban J connectivity index is 1.70. The molecule has 1 atom stereocenters. The van der Waals surface area contributed by atoms with Crippen LogP contribution in [0, 0.1) is 5.92 Å². The van der Waals surface area contributed by atoms with Gasteiger partial charge in [-0.3, -0.25) is 9.59 Å². The van der Waals surface area contributed by atoms with Crippen molar-refractivity contribution in [2.75, 3.05) is 35.8 Å². The first-order chi connectivity index (χ1) is 12.3. The van der Waals surface area contributed by atoms with Crippen molar-refractivity contribution in [3.63, 3.8) is 0 Å². The molecule has 0 bridgehead atoms. The van der Waals surface area contributed by atoms with Crippen molar-refractivity contribution < 1.29 is 9.59 Å². The maximum absolute atomic E-state index is 12.5. The first-order valence-corrected chi connectivity index (χ1v) is 8.94. The molecule has 0 aromatic heterocycles. The highest BCUT2D eigenvalue weighted by molar-refractivity contribution is 6.36. The van der Waals surface area contributed by atoms with E-state index in [0.717, 1.165) is 5.69 Å². The molecule has 0 spiro atoms. The fourth-order valence-corrected chi connectivity index (χ4v) is 3.28. The monoisotopic (exact) mass is 391 g/mol. The number of benzene rings is 2. The number of hydrogen-bond acceptors (Lipinski definition) is 3. The SMILES string of the molecule is CN(C)c1ccc(NC(=O)C2CC(=O)N(c3cc(Cl)ccc3Cl)C2)cc1. The third-order valence-corrected chi connectivity index (χ3v) is 4.90. The Labute approximate surface area is 162 Å². The topological polar surface area (TPSA) is 52.7 Å². The average Bonchev–Trinajstić information content (AvgIpc) is 2.99. The summed E-state index contributed by atoms with van der Waals surface area (Å²) in [6, 6.07) is 12.5. The van der Waals surface area contributed by atoms with Crippen LogP contribution in [-0.4, -0.2) is 32.5 Å². The molecule has 1 N–H and O–H groups in total. The van der Waals surface area contributed by atoms with Crippen LogP contribution in [0.25, 0.3) is 0 Å². The van der Waals surface area contributed by atoms with Crippen molar-refractivity contribution in [3.05, 3.63) is 52.5 Å². The van der Waals surface area contributed by atoms with Crippen LogP contribution in [0.4, 0.5) is 17.1 Å². The normalized spacial score (nSPS) is 16.7. The summed E-state index contributed by atoms with van der Waals surface area (Å²) in [5.74, 6) is -0.764. The summed E-state index contributed by atoms with van der Waals surface area (Å²) in [6.45, 7) is 0.278. The number of nitrogens with one attached hydrogen (secondary N) is 1. The summed E-state index contributed by atoms with van der Waals surface area (Å²) in [5, 5.41) is 3.80. The van der Waals surface area contributed by atoms with Crippen molar-refractivity contribution in [2.24, 2.45) is 5.92 Å². The smallest absolute Gasteiger partial charge is 0.229 e. The lowest BCUT2D eigenvalue weighted by Crippen LogP contribution is -2.28. The average molecular weight is 392 g/mol. The lowest BCUT2D eigenvalue weighted by atomic mass is 10.1. The van der Waals surface area contributed by atoms with E-state index in [1.807, 2.05) is 43.3 Å². The predicted octanol–water partition coefficient (Wildman–Crippen LogP) is 4.05. The van der Waals surface area contributed by atoms with Gasteiger partial charge in [0.2, 0.25) is 11.8 Å². The van der Waals surface area contributed by atoms with Crippen LogP contribution in [0.3, 0.4) is 0 Å². The summed E-state index contributed by atoms with van der Waals surface area (Å²) in [7, 11) is 3.90. The summed E-state index contributed by atoms with van der Waals surface area (Å²) in [4.78, 5) is 28.4. The van der Waals surface area contributed by atoms with Crippen molar-refractivity contribution >= 4 is 52.1 Å². The van der Waals surface area contributed by atoms with Gasteiger partial charge in [0.15, 0.2) is 0 Å². The van der Waals surface area contributed by atoms with Gasteiger partial charge in [-0.2, -0.15) is 0 Å². The molecule has 1 unspecified atom stereocenters. The Hall–Kier alpha value is -2.24. The minimum atomic E-state index is -0.439. The highest BCUT2D eigenvalue weighted by atomic mass is 35.5. The molecule has 1 aliphatic heterocycles. The minimum absolute atomic E-state index is 0.141. The van der Waals surface area contributed by atoms with Crippen LogP contribution in [0.5, 0.6) is 0 Å². The van der Waals surface area contributed by atoms with E-state index in [2.05, 4.69) is 5.32 Å². The fraction of sp³-hybridized carbons (Fsp3) is 0.263. The maximum atomic E-state index is 12.5. The van der Waals surface area contributed by atoms with Gasteiger partial charge in [0.1, 0.15) is 0 Å². The molecular formula is C19H19Cl2N3O2. The van der Waals surface area contributed by atoms with Gasteiger partial charge in [-0.05, 0) is 42.5 Å². The van der Waals surface area contributed by atoms with Gasteiger partial charge >= 0.3 is 0 Å². The Morgan fingerprint density at radius 3 is 2.50 bits per heavy atom. The molecule has 1 aliphatic rings. The van der Waals surface area contributed by atoms with Crippen molar-refractivity contribution in [1.29, 1.82) is 0 Å². The molecule has 5 nitrogen and oxygen atoms in total. The van der Waals surface area contributed by atoms with E-state index in [1.54, 1.807) is 18.2 Å². The van der Waals surface area contributed by atoms with E-state index in [0.29, 0.717) is 21.4 Å². The third-order valence-electron chi connectivity index (χ3n) is 4.35. The van der Waals surface area contributed by atoms with Gasteiger partial charge in [0.05, 0.1) is 16.6 Å². The largest absolute Gasteiger partial charge is 0.378 e. The van der Waals surface area contributed by atoms with E-state index in [1.165, 1.54) is 4.90 Å². The molecule has 136 valence electrons. The zero-order chi connectivity index (χ0) is 18.8. The highest BCUT2D eigenvalue weighted by Gasteiger charge is 2.36. The highest BCUT2D eigenvalue weighted by Crippen LogP contribution is 2.33. The number of amides is 2. The predicted molar refractivity (Wildman–Crippen MR) is 106 cm³/mol. The van der Waals surface area contributed by atoms with E-state index in [-0.39, 0.29) is 24.8 Å². The van der Waals surface area contributed by atoms with E-state index >= 15 is 0 Å². The van der Waals surface area contributed by atoms with Crippen LogP contribution in [0.1, 0.15) is 6.42 Å². The zero-order valence-corrected chi connectivity index (χ0v) is 16.0. The maximum Gasteiger partial charge on any atom is 0.229 e. The van der Waals surface area contributed by atoms with Crippen LogP contribution >= 0.6 is 23.2 Å². The molecule has 0 saturated carbocycles. The molecule has 1 fully saturated rings. The summed E-state index contributed by atoms with van der Waals surface area (Å²) in [5.41, 5.74) is 2.28. The summed E-state index contributed by atoms with van der Waals surface area (Å²) >= 11 is 12.2. The number of carbonyl (C=O) groups is 2. The van der Waals surface area contributed by atoms with Crippen molar-refractivity contribution in [1.82, 2.24) is 0 Å². The second kappa shape index (κ2) is 7.56. The lowest BCUT2D eigenvalue weighted by molar-refractivity contribution is -0.122. The van der Waals surface area contributed by atoms with E-state index < -0.39 is 5.92 Å². The van der Waals surface area contributed by atoms with Gasteiger partial charge in [0, 0.05) is 43.5 Å². The van der Waals surface area contributed by atoms with Gasteiger partial charge in [-0.1, -0.05) is 23.2 Å². The van der Waals surface area contributed by atoms with Gasteiger partial charge in [0.25, 0.3) is 0 Å². The summed E-state index contributed by atoms with van der Waals surface area (Å²) in [6.07, 6.45) is 0.143. The second-order valence-corrected chi connectivity index (χ2v) is 7.28. The molecule has 3 rings (SSSR count). The lowest BCUT2D eigenvalue weighted by Gasteiger charge is -2.18. The van der Waals surface area contributed by atoms with Crippen LogP contribution in [-0.2, 0) is 9.59 Å². The quantitative estimate of drug-likeness (QED) is 0.854. The molecule has 2 aromatic rings. The molecule has 0 aliphatic carbocycles. The molecule has 7 heteroatoms. The molecule has 2 amide bonds. The molecule has 0 radical (unpaired) electrons. The number of anilines is 3. The first kappa shape index (κ1) is 18.5. The Bertz CT molecular complexity index is 837. The fourth-order valence-electron chi connectivity index (χ4n) is 2.90. The van der Waals surface area contributed by atoms with Crippen molar-refractivity contribution in [3.8, 4) is 0 Å². The number of rotatable bonds is 4. The Morgan fingerprint density at radius 2 is 1.85 bits per heavy atom. The van der Waals surface area contributed by atoms with Gasteiger partial charge in [-0.25, -0.2) is 0 Å². The van der Waals surface area contributed by atoms with Crippen LogP contribution in [0.2, 0.25) is 10.0 Å². The first-order valence-electron chi connectivity index (χ1n) is 8.19. The Kier molecular flexibility index (Phi) is 5.39. The third kappa shape index (κ3) is 3.94. The van der Waals surface area contributed by atoms with E-state index in [4.69, 9.17) is 23.2 Å². The molecular weight excluding hydrogens is 373 g/mol.